The van der Waals surface area contributed by atoms with Crippen LogP contribution in [0, 0.1) is 13.8 Å². The molecule has 3 aromatic rings. The van der Waals surface area contributed by atoms with Crippen LogP contribution in [0.2, 0.25) is 0 Å². The van der Waals surface area contributed by atoms with Gasteiger partial charge in [0, 0.05) is 11.8 Å². The van der Waals surface area contributed by atoms with Gasteiger partial charge >= 0.3 is 0 Å². The summed E-state index contributed by atoms with van der Waals surface area (Å²) >= 11 is 0. The molecule has 34 heavy (non-hydrogen) atoms. The minimum Gasteiger partial charge on any atom is -0.495 e. The summed E-state index contributed by atoms with van der Waals surface area (Å²) in [6.07, 6.45) is 0.890. The van der Waals surface area contributed by atoms with Gasteiger partial charge in [-0.25, -0.2) is 4.90 Å². The van der Waals surface area contributed by atoms with Gasteiger partial charge in [-0.3, -0.25) is 9.59 Å². The molecule has 2 amide bonds. The minimum atomic E-state index is -0.440. The molecule has 1 N–H and O–H groups in total. The fraction of sp³-hybridized carbons (Fsp3) is 0.214. The van der Waals surface area contributed by atoms with Crippen LogP contribution < -0.4 is 19.7 Å². The summed E-state index contributed by atoms with van der Waals surface area (Å²) in [5.74, 6) is 0.299. The van der Waals surface area contributed by atoms with E-state index in [2.05, 4.69) is 5.32 Å². The Bertz CT molecular complexity index is 1260. The molecule has 1 heterocycles. The number of anilines is 2. The van der Waals surface area contributed by atoms with Crippen LogP contribution in [0.1, 0.15) is 30.0 Å². The molecule has 0 fully saturated rings. The van der Waals surface area contributed by atoms with Crippen LogP contribution in [0.15, 0.2) is 72.4 Å². The first kappa shape index (κ1) is 23.1. The van der Waals surface area contributed by atoms with Crippen LogP contribution in [-0.4, -0.2) is 25.5 Å². The van der Waals surface area contributed by atoms with Gasteiger partial charge in [0.1, 0.15) is 17.2 Å². The van der Waals surface area contributed by atoms with Crippen LogP contribution in [0.4, 0.5) is 11.4 Å². The predicted octanol–water partition coefficient (Wildman–Crippen LogP) is 5.50. The second-order valence-electron chi connectivity index (χ2n) is 8.24. The van der Waals surface area contributed by atoms with Gasteiger partial charge in [0.05, 0.1) is 25.0 Å². The van der Waals surface area contributed by atoms with Gasteiger partial charge in [-0.2, -0.15) is 0 Å². The number of ether oxygens (including phenoxy) is 2. The predicted molar refractivity (Wildman–Crippen MR) is 134 cm³/mol. The van der Waals surface area contributed by atoms with E-state index in [-0.39, 0.29) is 5.70 Å². The summed E-state index contributed by atoms with van der Waals surface area (Å²) in [6.45, 7) is 6.52. The molecule has 0 aliphatic carbocycles. The minimum absolute atomic E-state index is 0.213. The van der Waals surface area contributed by atoms with Gasteiger partial charge in [0.15, 0.2) is 0 Å². The summed E-state index contributed by atoms with van der Waals surface area (Å²) < 4.78 is 11.2. The number of imide groups is 1. The number of benzene rings is 3. The molecule has 0 saturated heterocycles. The van der Waals surface area contributed by atoms with Gasteiger partial charge in [-0.15, -0.1) is 0 Å². The van der Waals surface area contributed by atoms with Gasteiger partial charge in [0.25, 0.3) is 11.8 Å². The fourth-order valence-electron chi connectivity index (χ4n) is 3.86. The van der Waals surface area contributed by atoms with Gasteiger partial charge in [-0.05, 0) is 55.7 Å². The third-order valence-corrected chi connectivity index (χ3v) is 5.58. The summed E-state index contributed by atoms with van der Waals surface area (Å²) in [6, 6.07) is 20.4. The number of hydrogen-bond acceptors (Lipinski definition) is 5. The van der Waals surface area contributed by atoms with Crippen molar-refractivity contribution in [3.05, 3.63) is 89.1 Å². The zero-order chi connectivity index (χ0) is 24.2. The van der Waals surface area contributed by atoms with Crippen molar-refractivity contribution >= 4 is 28.8 Å². The van der Waals surface area contributed by atoms with Crippen molar-refractivity contribution in [3.63, 3.8) is 0 Å². The molecule has 0 saturated carbocycles. The average molecular weight is 457 g/mol. The van der Waals surface area contributed by atoms with Crippen molar-refractivity contribution in [2.24, 2.45) is 0 Å². The number of hydrogen-bond donors (Lipinski definition) is 1. The number of amides is 2. The Labute approximate surface area is 199 Å². The van der Waals surface area contributed by atoms with Crippen LogP contribution in [0.25, 0.3) is 5.57 Å². The Morgan fingerprint density at radius 2 is 1.62 bits per heavy atom. The third-order valence-electron chi connectivity index (χ3n) is 5.58. The zero-order valence-corrected chi connectivity index (χ0v) is 19.8. The number of carbonyl (C=O) groups is 2. The van der Waals surface area contributed by atoms with Crippen LogP contribution in [-0.2, 0) is 9.59 Å². The highest BCUT2D eigenvalue weighted by atomic mass is 16.5. The Hall–Kier alpha value is -4.06. The largest absolute Gasteiger partial charge is 0.495 e. The lowest BCUT2D eigenvalue weighted by molar-refractivity contribution is -0.120. The van der Waals surface area contributed by atoms with Crippen molar-refractivity contribution in [1.29, 1.82) is 0 Å². The Morgan fingerprint density at radius 1 is 0.882 bits per heavy atom. The first-order chi connectivity index (χ1) is 16.4. The first-order valence-corrected chi connectivity index (χ1v) is 11.3. The van der Waals surface area contributed by atoms with E-state index >= 15 is 0 Å². The molecule has 0 radical (unpaired) electrons. The van der Waals surface area contributed by atoms with E-state index in [4.69, 9.17) is 9.47 Å². The number of rotatable bonds is 8. The molecule has 0 atom stereocenters. The van der Waals surface area contributed by atoms with Crippen molar-refractivity contribution in [2.45, 2.75) is 27.2 Å². The SMILES string of the molecule is CCCOc1cccc(NC2=C(c3ccc(C)cc3)C(=O)N(c3cc(C)ccc3OC)C2=O)c1. The summed E-state index contributed by atoms with van der Waals surface area (Å²) in [7, 11) is 1.52. The van der Waals surface area contributed by atoms with Crippen molar-refractivity contribution in [3.8, 4) is 11.5 Å². The normalized spacial score (nSPS) is 13.5. The molecule has 0 bridgehead atoms. The van der Waals surface area contributed by atoms with Crippen LogP contribution >= 0.6 is 0 Å². The number of aryl methyl sites for hydroxylation is 2. The summed E-state index contributed by atoms with van der Waals surface area (Å²) in [4.78, 5) is 28.6. The molecule has 4 rings (SSSR count). The molecule has 0 unspecified atom stereocenters. The summed E-state index contributed by atoms with van der Waals surface area (Å²) in [5, 5.41) is 3.20. The second-order valence-corrected chi connectivity index (χ2v) is 8.24. The molecule has 1 aliphatic rings. The monoisotopic (exact) mass is 456 g/mol. The van der Waals surface area contributed by atoms with Crippen LogP contribution in [0.3, 0.4) is 0 Å². The number of nitrogens with zero attached hydrogens (tertiary/aromatic N) is 1. The van der Waals surface area contributed by atoms with E-state index < -0.39 is 11.8 Å². The smallest absolute Gasteiger partial charge is 0.282 e. The van der Waals surface area contributed by atoms with E-state index in [1.807, 2.05) is 75.4 Å². The Kier molecular flexibility index (Phi) is 6.68. The second kappa shape index (κ2) is 9.83. The Morgan fingerprint density at radius 3 is 2.32 bits per heavy atom. The lowest BCUT2D eigenvalue weighted by atomic mass is 10.0. The standard InChI is InChI=1S/C28H28N2O4/c1-5-15-34-22-8-6-7-21(17-22)29-26-25(20-12-9-18(2)10-13-20)27(31)30(28(26)32)23-16-19(3)11-14-24(23)33-4/h6-14,16-17,29H,5,15H2,1-4H3. The van der Waals surface area contributed by atoms with E-state index in [1.54, 1.807) is 12.1 Å². The van der Waals surface area contributed by atoms with Crippen molar-refractivity contribution < 1.29 is 19.1 Å². The number of nitrogens with one attached hydrogen (secondary N) is 1. The molecule has 0 aromatic heterocycles. The van der Waals surface area contributed by atoms with Gasteiger partial charge in [-0.1, -0.05) is 48.9 Å². The van der Waals surface area contributed by atoms with Crippen LogP contribution in [0.5, 0.6) is 11.5 Å². The molecule has 1 aliphatic heterocycles. The molecular weight excluding hydrogens is 428 g/mol. The van der Waals surface area contributed by atoms with E-state index in [1.165, 1.54) is 12.0 Å². The quantitative estimate of drug-likeness (QED) is 0.454. The lowest BCUT2D eigenvalue weighted by Crippen LogP contribution is -2.32. The number of carbonyl (C=O) groups excluding carboxylic acids is 2. The maximum Gasteiger partial charge on any atom is 0.282 e. The van der Waals surface area contributed by atoms with E-state index in [9.17, 15) is 9.59 Å². The fourth-order valence-corrected chi connectivity index (χ4v) is 3.86. The summed E-state index contributed by atoms with van der Waals surface area (Å²) in [5.41, 5.74) is 4.24. The average Bonchev–Trinajstić information content (AvgIpc) is 3.07. The highest BCUT2D eigenvalue weighted by Gasteiger charge is 2.41. The Balaban J connectivity index is 1.80. The maximum absolute atomic E-state index is 13.7. The molecule has 6 nitrogen and oxygen atoms in total. The molecule has 3 aromatic carbocycles. The number of methoxy groups -OCH3 is 1. The van der Waals surface area contributed by atoms with Gasteiger partial charge in [0.2, 0.25) is 0 Å². The van der Waals surface area contributed by atoms with Crippen molar-refractivity contribution in [2.75, 3.05) is 23.9 Å². The van der Waals surface area contributed by atoms with Gasteiger partial charge < -0.3 is 14.8 Å². The maximum atomic E-state index is 13.7. The highest BCUT2D eigenvalue weighted by molar-refractivity contribution is 6.46. The zero-order valence-electron chi connectivity index (χ0n) is 19.8. The van der Waals surface area contributed by atoms with E-state index in [0.717, 1.165) is 17.5 Å². The highest BCUT2D eigenvalue weighted by Crippen LogP contribution is 2.38. The van der Waals surface area contributed by atoms with E-state index in [0.29, 0.717) is 40.6 Å². The lowest BCUT2D eigenvalue weighted by Gasteiger charge is -2.19. The molecule has 174 valence electrons. The molecule has 6 heteroatoms. The topological polar surface area (TPSA) is 67.9 Å². The first-order valence-electron chi connectivity index (χ1n) is 11.3. The molecule has 0 spiro atoms. The molecular formula is C28H28N2O4. The van der Waals surface area contributed by atoms with Crippen molar-refractivity contribution in [1.82, 2.24) is 0 Å². The third kappa shape index (κ3) is 4.53.